The molecule has 0 spiro atoms. The second-order valence-electron chi connectivity index (χ2n) is 10.2. The highest BCUT2D eigenvalue weighted by atomic mass is 16.6. The van der Waals surface area contributed by atoms with Crippen molar-refractivity contribution in [2.24, 2.45) is 23.2 Å². The van der Waals surface area contributed by atoms with Gasteiger partial charge in [0.2, 0.25) is 0 Å². The Morgan fingerprint density at radius 1 is 1.08 bits per heavy atom. The van der Waals surface area contributed by atoms with Crippen molar-refractivity contribution in [2.75, 3.05) is 0 Å². The van der Waals surface area contributed by atoms with E-state index < -0.39 is 69.2 Å². The molecule has 2 bridgehead atoms. The number of carbonyl (C=O) groups is 4. The average molecular weight is 499 g/mol. The molecule has 0 radical (unpaired) electrons. The Balaban J connectivity index is 2.36. The van der Waals surface area contributed by atoms with Crippen LogP contribution in [0, 0.1) is 23.2 Å². The fourth-order valence-corrected chi connectivity index (χ4v) is 6.18. The zero-order valence-electron chi connectivity index (χ0n) is 21.5. The van der Waals surface area contributed by atoms with E-state index in [1.807, 2.05) is 0 Å². The largest absolute Gasteiger partial charge is 0.508 e. The third-order valence-corrected chi connectivity index (χ3v) is 7.95. The predicted molar refractivity (Wildman–Crippen MR) is 132 cm³/mol. The molecule has 3 saturated carbocycles. The van der Waals surface area contributed by atoms with Crippen molar-refractivity contribution in [3.63, 3.8) is 0 Å². The monoisotopic (exact) mass is 498 g/mol. The first-order valence-electron chi connectivity index (χ1n) is 12.0. The van der Waals surface area contributed by atoms with Crippen LogP contribution in [0.4, 0.5) is 0 Å². The van der Waals surface area contributed by atoms with Crippen LogP contribution >= 0.6 is 0 Å². The molecule has 0 aromatic rings. The van der Waals surface area contributed by atoms with Gasteiger partial charge in [-0.3, -0.25) is 14.4 Å². The van der Waals surface area contributed by atoms with Gasteiger partial charge in [0.1, 0.15) is 28.3 Å². The number of ketones is 3. The number of esters is 1. The second kappa shape index (κ2) is 9.32. The molecular weight excluding hydrogens is 464 g/mol. The van der Waals surface area contributed by atoms with E-state index in [-0.39, 0.29) is 17.6 Å². The Hall–Kier alpha value is -3.26. The lowest BCUT2D eigenvalue weighted by Crippen LogP contribution is -2.75. The smallest absolute Gasteiger partial charge is 0.338 e. The molecule has 3 aliphatic carbocycles. The molecule has 4 rings (SSSR count). The van der Waals surface area contributed by atoms with Crippen molar-refractivity contribution in [3.05, 3.63) is 59.1 Å². The van der Waals surface area contributed by atoms with E-state index in [2.05, 4.69) is 0 Å². The molecule has 36 heavy (non-hydrogen) atoms. The number of allylic oxidation sites excluding steroid dienone is 6. The van der Waals surface area contributed by atoms with E-state index in [0.717, 1.165) is 0 Å². The van der Waals surface area contributed by atoms with Gasteiger partial charge in [-0.05, 0) is 54.0 Å². The Labute approximate surface area is 210 Å². The summed E-state index contributed by atoms with van der Waals surface area (Å²) in [6.45, 7) is 8.87. The summed E-state index contributed by atoms with van der Waals surface area (Å²) >= 11 is 0. The van der Waals surface area contributed by atoms with Crippen molar-refractivity contribution in [1.82, 2.24) is 0 Å². The zero-order valence-corrected chi connectivity index (χ0v) is 21.5. The summed E-state index contributed by atoms with van der Waals surface area (Å²) in [4.78, 5) is 53.6. The molecule has 8 nitrogen and oxygen atoms in total. The van der Waals surface area contributed by atoms with Crippen LogP contribution in [0.15, 0.2) is 59.1 Å². The van der Waals surface area contributed by atoms with Crippen molar-refractivity contribution in [1.29, 1.82) is 0 Å². The van der Waals surface area contributed by atoms with Crippen LogP contribution in [0.3, 0.4) is 0 Å². The number of hydrogen-bond acceptors (Lipinski definition) is 8. The lowest BCUT2D eigenvalue weighted by Gasteiger charge is -2.61. The summed E-state index contributed by atoms with van der Waals surface area (Å²) in [5.41, 5.74) is -6.38. The number of Topliss-reactive ketones (excluding diaryl/α,β-unsaturated/α-hetero) is 3. The summed E-state index contributed by atoms with van der Waals surface area (Å²) in [6, 6.07) is 0. The lowest BCUT2D eigenvalue weighted by molar-refractivity contribution is -0.204. The van der Waals surface area contributed by atoms with E-state index in [9.17, 15) is 34.5 Å². The SMILES string of the molecule is C/C=C/C=C/C(O)=C1C(=O)[C@]2(C)C(=O)[C@@](C)(O)[C@H]1[C@H]([C@]1(C)OC(=O)C(C)=C1O)[C@H]2C(=O)CC/C=C/C. The number of hydrogen-bond donors (Lipinski definition) is 3. The maximum atomic E-state index is 13.9. The van der Waals surface area contributed by atoms with E-state index in [0.29, 0.717) is 6.42 Å². The van der Waals surface area contributed by atoms with Crippen LogP contribution in [-0.2, 0) is 23.9 Å². The summed E-state index contributed by atoms with van der Waals surface area (Å²) < 4.78 is 5.61. The Morgan fingerprint density at radius 3 is 2.25 bits per heavy atom. The molecule has 4 aliphatic rings. The maximum Gasteiger partial charge on any atom is 0.338 e. The molecule has 1 aliphatic heterocycles. The van der Waals surface area contributed by atoms with Gasteiger partial charge in [0.05, 0.1) is 5.57 Å². The standard InChI is InChI=1S/C28H34O8/c1-7-9-11-13-16(29)18-20-21(28(6)22(31)15(3)24(33)36-28)19(17(30)14-12-10-8-2)26(4,23(18)32)25(34)27(20,5)35/h7-11,13,19-21,29,31,35H,12,14H2,1-6H3/b9-7+,10-8+,13-11+,18-16?/t19-,20-,21-,26-,27+,28+/m1/s1. The van der Waals surface area contributed by atoms with Crippen molar-refractivity contribution >= 4 is 23.3 Å². The van der Waals surface area contributed by atoms with Gasteiger partial charge >= 0.3 is 5.97 Å². The van der Waals surface area contributed by atoms with E-state index in [4.69, 9.17) is 4.74 Å². The van der Waals surface area contributed by atoms with Gasteiger partial charge in [-0.25, -0.2) is 4.79 Å². The van der Waals surface area contributed by atoms with Gasteiger partial charge in [0.15, 0.2) is 17.2 Å². The molecule has 3 N–H and O–H groups in total. The van der Waals surface area contributed by atoms with E-state index in [1.54, 1.807) is 38.2 Å². The molecule has 194 valence electrons. The highest BCUT2D eigenvalue weighted by Gasteiger charge is 2.77. The highest BCUT2D eigenvalue weighted by molar-refractivity contribution is 6.23. The highest BCUT2D eigenvalue weighted by Crippen LogP contribution is 2.64. The Bertz CT molecular complexity index is 1160. The van der Waals surface area contributed by atoms with Crippen LogP contribution in [0.2, 0.25) is 0 Å². The van der Waals surface area contributed by atoms with Crippen LogP contribution in [0.1, 0.15) is 54.4 Å². The number of fused-ring (bicyclic) bond motifs is 3. The molecule has 0 amide bonds. The minimum atomic E-state index is -2.20. The Kier molecular flexibility index (Phi) is 7.07. The van der Waals surface area contributed by atoms with Gasteiger partial charge in [-0.1, -0.05) is 30.4 Å². The minimum Gasteiger partial charge on any atom is -0.508 e. The zero-order chi connectivity index (χ0) is 27.2. The number of ether oxygens (including phenoxy) is 1. The second-order valence-corrected chi connectivity index (χ2v) is 10.2. The van der Waals surface area contributed by atoms with Gasteiger partial charge < -0.3 is 20.1 Å². The van der Waals surface area contributed by atoms with Crippen LogP contribution in [0.25, 0.3) is 0 Å². The van der Waals surface area contributed by atoms with Gasteiger partial charge in [0, 0.05) is 29.7 Å². The van der Waals surface area contributed by atoms with Crippen molar-refractivity contribution in [3.8, 4) is 0 Å². The fourth-order valence-electron chi connectivity index (χ4n) is 6.18. The normalized spacial score (nSPS) is 38.2. The summed E-state index contributed by atoms with van der Waals surface area (Å²) in [7, 11) is 0. The quantitative estimate of drug-likeness (QED) is 0.120. The summed E-state index contributed by atoms with van der Waals surface area (Å²) in [6.07, 6.45) is 9.98. The third-order valence-electron chi connectivity index (χ3n) is 7.95. The topological polar surface area (TPSA) is 138 Å². The molecule has 0 aromatic heterocycles. The fraction of sp³-hybridized carbons (Fsp3) is 0.500. The molecule has 0 saturated heterocycles. The van der Waals surface area contributed by atoms with Crippen molar-refractivity contribution < 1.29 is 39.2 Å². The van der Waals surface area contributed by atoms with Crippen LogP contribution < -0.4 is 0 Å². The number of aliphatic hydroxyl groups is 3. The Morgan fingerprint density at radius 2 is 1.72 bits per heavy atom. The molecule has 0 aromatic carbocycles. The van der Waals surface area contributed by atoms with Crippen LogP contribution in [-0.4, -0.2) is 49.8 Å². The first-order valence-corrected chi connectivity index (χ1v) is 12.0. The van der Waals surface area contributed by atoms with Crippen molar-refractivity contribution in [2.45, 2.75) is 65.6 Å². The van der Waals surface area contributed by atoms with Gasteiger partial charge in [-0.15, -0.1) is 0 Å². The maximum absolute atomic E-state index is 13.9. The number of cyclic esters (lactones) is 1. The molecular formula is C28H34O8. The summed E-state index contributed by atoms with van der Waals surface area (Å²) in [5.74, 6) is -7.69. The molecule has 6 atom stereocenters. The van der Waals surface area contributed by atoms with E-state index in [1.165, 1.54) is 39.8 Å². The van der Waals surface area contributed by atoms with Gasteiger partial charge in [0.25, 0.3) is 0 Å². The lowest BCUT2D eigenvalue weighted by atomic mass is 9.40. The number of carbonyl (C=O) groups excluding carboxylic acids is 4. The van der Waals surface area contributed by atoms with Gasteiger partial charge in [-0.2, -0.15) is 0 Å². The number of aliphatic hydroxyl groups excluding tert-OH is 2. The molecule has 0 unspecified atom stereocenters. The number of rotatable bonds is 7. The predicted octanol–water partition coefficient (Wildman–Crippen LogP) is 3.78. The first kappa shape index (κ1) is 27.3. The summed E-state index contributed by atoms with van der Waals surface area (Å²) in [5, 5.41) is 33.5. The average Bonchev–Trinajstić information content (AvgIpc) is 3.01. The molecule has 8 heteroatoms. The minimum absolute atomic E-state index is 0.00374. The molecule has 3 fully saturated rings. The van der Waals surface area contributed by atoms with Crippen LogP contribution in [0.5, 0.6) is 0 Å². The first-order chi connectivity index (χ1) is 16.7. The third kappa shape index (κ3) is 3.70. The van der Waals surface area contributed by atoms with E-state index >= 15 is 0 Å². The molecule has 1 heterocycles.